The van der Waals surface area contributed by atoms with E-state index in [0.717, 1.165) is 16.6 Å². The van der Waals surface area contributed by atoms with Gasteiger partial charge < -0.3 is 15.2 Å². The molecule has 0 atom stereocenters. The highest BCUT2D eigenvalue weighted by atomic mass is 79.9. The van der Waals surface area contributed by atoms with Crippen LogP contribution in [0.25, 0.3) is 0 Å². The van der Waals surface area contributed by atoms with Crippen molar-refractivity contribution in [2.24, 2.45) is 0 Å². The second kappa shape index (κ2) is 8.86. The predicted octanol–water partition coefficient (Wildman–Crippen LogP) is 3.52. The number of carboxylic acid groups (broad SMARTS) is 1. The van der Waals surface area contributed by atoms with Crippen molar-refractivity contribution >= 4 is 60.8 Å². The van der Waals surface area contributed by atoms with Gasteiger partial charge in [-0.2, -0.15) is 0 Å². The zero-order valence-electron chi connectivity index (χ0n) is 15.1. The standard InChI is InChI=1S/C20H14BrClN2O5S/c21-13-4-6-14(7-5-13)23-19(25)17-11-16(8-9-18(17)22)30(28,29)24-15-3-1-2-12(10-15)20(26)27/h1-11,24H,(H,23,25)(H,26,27)/p-1. The van der Waals surface area contributed by atoms with Crippen LogP contribution in [0.3, 0.4) is 0 Å². The number of hydrogen-bond donors (Lipinski definition) is 2. The summed E-state index contributed by atoms with van der Waals surface area (Å²) in [5, 5.41) is 13.7. The number of nitrogens with one attached hydrogen (secondary N) is 2. The third-order valence-electron chi connectivity index (χ3n) is 3.95. The molecule has 3 aromatic carbocycles. The van der Waals surface area contributed by atoms with Gasteiger partial charge in [-0.1, -0.05) is 39.7 Å². The molecule has 0 aliphatic carbocycles. The molecule has 3 aromatic rings. The second-order valence-corrected chi connectivity index (χ2v) is 9.08. The summed E-state index contributed by atoms with van der Waals surface area (Å²) in [6, 6.07) is 15.7. The number of amides is 1. The van der Waals surface area contributed by atoms with Gasteiger partial charge in [-0.15, -0.1) is 0 Å². The zero-order chi connectivity index (χ0) is 21.9. The Morgan fingerprint density at radius 2 is 1.63 bits per heavy atom. The van der Waals surface area contributed by atoms with Gasteiger partial charge in [0, 0.05) is 15.8 Å². The quantitative estimate of drug-likeness (QED) is 0.529. The summed E-state index contributed by atoms with van der Waals surface area (Å²) in [4.78, 5) is 23.3. The number of carbonyl (C=O) groups excluding carboxylic acids is 2. The van der Waals surface area contributed by atoms with Crippen molar-refractivity contribution in [3.63, 3.8) is 0 Å². The van der Waals surface area contributed by atoms with Crippen LogP contribution in [0.1, 0.15) is 20.7 Å². The highest BCUT2D eigenvalue weighted by Crippen LogP contribution is 2.24. The third-order valence-corrected chi connectivity index (χ3v) is 6.18. The maximum absolute atomic E-state index is 12.7. The average molecular weight is 509 g/mol. The minimum absolute atomic E-state index is 0.0347. The summed E-state index contributed by atoms with van der Waals surface area (Å²) in [6.45, 7) is 0. The summed E-state index contributed by atoms with van der Waals surface area (Å²) in [5.41, 5.74) is 0.323. The normalized spacial score (nSPS) is 11.0. The van der Waals surface area contributed by atoms with Gasteiger partial charge in [0.15, 0.2) is 0 Å². The SMILES string of the molecule is O=C([O-])c1cccc(NS(=O)(=O)c2ccc(Cl)c(C(=O)Nc3ccc(Br)cc3)c2)c1. The van der Waals surface area contributed by atoms with Crippen molar-refractivity contribution in [2.75, 3.05) is 10.0 Å². The second-order valence-electron chi connectivity index (χ2n) is 6.08. The van der Waals surface area contributed by atoms with E-state index >= 15 is 0 Å². The summed E-state index contributed by atoms with van der Waals surface area (Å²) >= 11 is 9.39. The number of rotatable bonds is 6. The molecule has 0 unspecified atom stereocenters. The van der Waals surface area contributed by atoms with E-state index in [4.69, 9.17) is 11.6 Å². The number of anilines is 2. The molecule has 7 nitrogen and oxygen atoms in total. The Labute approximate surface area is 185 Å². The van der Waals surface area contributed by atoms with Crippen molar-refractivity contribution in [1.82, 2.24) is 0 Å². The van der Waals surface area contributed by atoms with Crippen molar-refractivity contribution in [2.45, 2.75) is 4.90 Å². The van der Waals surface area contributed by atoms with Crippen LogP contribution in [-0.4, -0.2) is 20.3 Å². The molecule has 0 aliphatic heterocycles. The van der Waals surface area contributed by atoms with Gasteiger partial charge in [-0.3, -0.25) is 9.52 Å². The monoisotopic (exact) mass is 507 g/mol. The Morgan fingerprint density at radius 3 is 2.30 bits per heavy atom. The summed E-state index contributed by atoms with van der Waals surface area (Å²) in [5.74, 6) is -2.02. The minimum atomic E-state index is -4.12. The van der Waals surface area contributed by atoms with Gasteiger partial charge >= 0.3 is 0 Å². The Morgan fingerprint density at radius 1 is 0.933 bits per heavy atom. The largest absolute Gasteiger partial charge is 0.545 e. The number of aromatic carboxylic acids is 1. The van der Waals surface area contributed by atoms with Crippen LogP contribution in [0.2, 0.25) is 5.02 Å². The fourth-order valence-corrected chi connectivity index (χ4v) is 4.04. The molecule has 0 fully saturated rings. The lowest BCUT2D eigenvalue weighted by molar-refractivity contribution is -0.255. The maximum atomic E-state index is 12.7. The number of hydrogen-bond acceptors (Lipinski definition) is 5. The van der Waals surface area contributed by atoms with Crippen LogP contribution in [0.5, 0.6) is 0 Å². The van der Waals surface area contributed by atoms with Crippen molar-refractivity contribution in [3.8, 4) is 0 Å². The van der Waals surface area contributed by atoms with E-state index in [1.54, 1.807) is 24.3 Å². The highest BCUT2D eigenvalue weighted by Gasteiger charge is 2.19. The number of sulfonamides is 1. The molecule has 2 N–H and O–H groups in total. The maximum Gasteiger partial charge on any atom is 0.261 e. The van der Waals surface area contributed by atoms with Crippen molar-refractivity contribution in [3.05, 3.63) is 87.4 Å². The average Bonchev–Trinajstić information content (AvgIpc) is 2.69. The molecule has 30 heavy (non-hydrogen) atoms. The lowest BCUT2D eigenvalue weighted by Crippen LogP contribution is -2.22. The van der Waals surface area contributed by atoms with Crippen molar-refractivity contribution < 1.29 is 23.1 Å². The molecular weight excluding hydrogens is 496 g/mol. The molecule has 10 heteroatoms. The first-order chi connectivity index (χ1) is 14.2. The molecule has 0 heterocycles. The summed E-state index contributed by atoms with van der Waals surface area (Å²) < 4.78 is 28.5. The first-order valence-corrected chi connectivity index (χ1v) is 11.0. The summed E-state index contributed by atoms with van der Waals surface area (Å²) in [7, 11) is -4.12. The molecule has 3 rings (SSSR count). The first kappa shape index (κ1) is 21.8. The molecule has 0 bridgehead atoms. The Hall–Kier alpha value is -2.88. The number of benzene rings is 3. The van der Waals surface area contributed by atoms with Crippen LogP contribution >= 0.6 is 27.5 Å². The molecule has 0 spiro atoms. The Bertz CT molecular complexity index is 1230. The van der Waals surface area contributed by atoms with Crippen LogP contribution in [-0.2, 0) is 10.0 Å². The van der Waals surface area contributed by atoms with Crippen LogP contribution in [0.15, 0.2) is 76.1 Å². The number of carboxylic acids is 1. The lowest BCUT2D eigenvalue weighted by atomic mass is 10.2. The van der Waals surface area contributed by atoms with E-state index in [9.17, 15) is 23.1 Å². The van der Waals surface area contributed by atoms with Gasteiger partial charge in [0.1, 0.15) is 0 Å². The van der Waals surface area contributed by atoms with Crippen LogP contribution < -0.4 is 15.1 Å². The van der Waals surface area contributed by atoms with E-state index in [0.29, 0.717) is 5.69 Å². The smallest absolute Gasteiger partial charge is 0.261 e. The molecule has 0 aliphatic rings. The third kappa shape index (κ3) is 5.18. The van der Waals surface area contributed by atoms with E-state index in [1.165, 1.54) is 30.3 Å². The highest BCUT2D eigenvalue weighted by molar-refractivity contribution is 9.10. The zero-order valence-corrected chi connectivity index (χ0v) is 18.2. The Kier molecular flexibility index (Phi) is 6.45. The number of carbonyl (C=O) groups is 2. The molecule has 0 saturated carbocycles. The van der Waals surface area contributed by atoms with E-state index in [2.05, 4.69) is 26.0 Å². The van der Waals surface area contributed by atoms with Gasteiger partial charge in [-0.25, -0.2) is 8.42 Å². The predicted molar refractivity (Wildman–Crippen MR) is 115 cm³/mol. The minimum Gasteiger partial charge on any atom is -0.545 e. The molecule has 1 amide bonds. The van der Waals surface area contributed by atoms with Crippen LogP contribution in [0, 0.1) is 0 Å². The van der Waals surface area contributed by atoms with Gasteiger partial charge in [0.05, 0.1) is 21.5 Å². The topological polar surface area (TPSA) is 115 Å². The van der Waals surface area contributed by atoms with Gasteiger partial charge in [0.2, 0.25) is 0 Å². The van der Waals surface area contributed by atoms with Gasteiger partial charge in [-0.05, 0) is 60.2 Å². The number of halogens is 2. The first-order valence-electron chi connectivity index (χ1n) is 8.36. The fraction of sp³-hybridized carbons (Fsp3) is 0. The molecule has 0 radical (unpaired) electrons. The van der Waals surface area contributed by atoms with Gasteiger partial charge in [0.25, 0.3) is 15.9 Å². The lowest BCUT2D eigenvalue weighted by Gasteiger charge is -2.12. The molecular formula is C20H13BrClN2O5S-. The fourth-order valence-electron chi connectivity index (χ4n) is 2.50. The molecule has 0 saturated heterocycles. The van der Waals surface area contributed by atoms with Crippen molar-refractivity contribution in [1.29, 1.82) is 0 Å². The van der Waals surface area contributed by atoms with E-state index in [1.807, 2.05) is 0 Å². The summed E-state index contributed by atoms with van der Waals surface area (Å²) in [6.07, 6.45) is 0. The van der Waals surface area contributed by atoms with Crippen LogP contribution in [0.4, 0.5) is 11.4 Å². The molecule has 0 aromatic heterocycles. The Balaban J connectivity index is 1.87. The molecule has 154 valence electrons. The van der Waals surface area contributed by atoms with E-state index < -0.39 is 21.9 Å². The van der Waals surface area contributed by atoms with E-state index in [-0.39, 0.29) is 26.7 Å².